The number of nitro benzene ring substituents is 1. The zero-order chi connectivity index (χ0) is 14.7. The predicted molar refractivity (Wildman–Crippen MR) is 74.0 cm³/mol. The van der Waals surface area contributed by atoms with E-state index in [2.05, 4.69) is 31.3 Å². The average molecular weight is 344 g/mol. The third kappa shape index (κ3) is 3.29. The van der Waals surface area contributed by atoms with E-state index in [1.807, 2.05) is 0 Å². The lowest BCUT2D eigenvalue weighted by atomic mass is 10.2. The zero-order valence-electron chi connectivity index (χ0n) is 10.5. The average Bonchev–Trinajstić information content (AvgIpc) is 2.79. The SMILES string of the molecule is Cn1cnc(CCNc2cc(F)c(Br)cc2[N+](=O)[O-])n1. The number of nitrogens with zero attached hydrogens (tertiary/aromatic N) is 4. The van der Waals surface area contributed by atoms with E-state index in [9.17, 15) is 14.5 Å². The third-order valence-electron chi connectivity index (χ3n) is 2.55. The van der Waals surface area contributed by atoms with Crippen LogP contribution in [0.5, 0.6) is 0 Å². The summed E-state index contributed by atoms with van der Waals surface area (Å²) in [5.41, 5.74) is -0.0566. The van der Waals surface area contributed by atoms with Gasteiger partial charge in [0.15, 0.2) is 5.82 Å². The molecule has 0 unspecified atom stereocenters. The first-order valence-corrected chi connectivity index (χ1v) is 6.48. The van der Waals surface area contributed by atoms with Crippen molar-refractivity contribution in [3.63, 3.8) is 0 Å². The summed E-state index contributed by atoms with van der Waals surface area (Å²) >= 11 is 2.93. The number of aryl methyl sites for hydroxylation is 1. The summed E-state index contributed by atoms with van der Waals surface area (Å²) in [5, 5.41) is 17.8. The van der Waals surface area contributed by atoms with Gasteiger partial charge in [-0.3, -0.25) is 14.8 Å². The smallest absolute Gasteiger partial charge is 0.293 e. The minimum absolute atomic E-state index is 0.0566. The van der Waals surface area contributed by atoms with Crippen molar-refractivity contribution in [2.45, 2.75) is 6.42 Å². The third-order valence-corrected chi connectivity index (χ3v) is 3.15. The summed E-state index contributed by atoms with van der Waals surface area (Å²) < 4.78 is 15.1. The fourth-order valence-electron chi connectivity index (χ4n) is 1.64. The number of aromatic nitrogens is 3. The molecule has 0 aliphatic rings. The highest BCUT2D eigenvalue weighted by atomic mass is 79.9. The van der Waals surface area contributed by atoms with E-state index < -0.39 is 10.7 Å². The maximum Gasteiger partial charge on any atom is 0.293 e. The topological polar surface area (TPSA) is 85.9 Å². The Morgan fingerprint density at radius 2 is 2.30 bits per heavy atom. The van der Waals surface area contributed by atoms with E-state index in [0.29, 0.717) is 18.8 Å². The van der Waals surface area contributed by atoms with Crippen LogP contribution in [-0.2, 0) is 13.5 Å². The van der Waals surface area contributed by atoms with Gasteiger partial charge in [0.1, 0.15) is 17.8 Å². The first kappa shape index (κ1) is 14.4. The molecule has 2 aromatic rings. The second-order valence-corrected chi connectivity index (χ2v) is 4.91. The molecule has 0 fully saturated rings. The van der Waals surface area contributed by atoms with Crippen LogP contribution in [0.4, 0.5) is 15.8 Å². The molecule has 0 aliphatic heterocycles. The quantitative estimate of drug-likeness (QED) is 0.664. The molecule has 2 rings (SSSR count). The Balaban J connectivity index is 2.08. The van der Waals surface area contributed by atoms with Crippen molar-refractivity contribution in [2.75, 3.05) is 11.9 Å². The Hall–Kier alpha value is -2.03. The Kier molecular flexibility index (Phi) is 4.28. The second kappa shape index (κ2) is 5.95. The lowest BCUT2D eigenvalue weighted by Crippen LogP contribution is -2.08. The number of halogens is 2. The molecule has 0 bridgehead atoms. The van der Waals surface area contributed by atoms with E-state index in [0.717, 1.165) is 12.1 Å². The van der Waals surface area contributed by atoms with Crippen molar-refractivity contribution in [3.05, 3.63) is 44.7 Å². The van der Waals surface area contributed by atoms with E-state index in [4.69, 9.17) is 0 Å². The number of hydrogen-bond donors (Lipinski definition) is 1. The molecule has 20 heavy (non-hydrogen) atoms. The Labute approximate surface area is 122 Å². The highest BCUT2D eigenvalue weighted by Crippen LogP contribution is 2.30. The molecule has 1 heterocycles. The van der Waals surface area contributed by atoms with Crippen molar-refractivity contribution in [3.8, 4) is 0 Å². The van der Waals surface area contributed by atoms with Crippen LogP contribution in [0.15, 0.2) is 22.9 Å². The lowest BCUT2D eigenvalue weighted by molar-refractivity contribution is -0.384. The van der Waals surface area contributed by atoms with E-state index in [1.54, 1.807) is 18.1 Å². The van der Waals surface area contributed by atoms with Gasteiger partial charge in [0.2, 0.25) is 0 Å². The van der Waals surface area contributed by atoms with Gasteiger partial charge in [-0.25, -0.2) is 9.37 Å². The Morgan fingerprint density at radius 3 is 2.90 bits per heavy atom. The highest BCUT2D eigenvalue weighted by molar-refractivity contribution is 9.10. The molecule has 9 heteroatoms. The molecule has 0 spiro atoms. The van der Waals surface area contributed by atoms with Crippen LogP contribution < -0.4 is 5.32 Å². The lowest BCUT2D eigenvalue weighted by Gasteiger charge is -2.07. The molecular formula is C11H11BrFN5O2. The molecule has 1 N–H and O–H groups in total. The summed E-state index contributed by atoms with van der Waals surface area (Å²) in [6.07, 6.45) is 2.05. The molecule has 0 radical (unpaired) electrons. The first-order chi connectivity index (χ1) is 9.47. The van der Waals surface area contributed by atoms with Gasteiger partial charge in [0.05, 0.1) is 9.40 Å². The maximum absolute atomic E-state index is 13.4. The number of anilines is 1. The molecule has 0 aliphatic carbocycles. The van der Waals surface area contributed by atoms with Crippen LogP contribution in [0.3, 0.4) is 0 Å². The van der Waals surface area contributed by atoms with E-state index in [-0.39, 0.29) is 15.8 Å². The van der Waals surface area contributed by atoms with Gasteiger partial charge >= 0.3 is 0 Å². The van der Waals surface area contributed by atoms with Crippen LogP contribution in [0.25, 0.3) is 0 Å². The van der Waals surface area contributed by atoms with Crippen molar-refractivity contribution >= 4 is 27.3 Å². The summed E-state index contributed by atoms with van der Waals surface area (Å²) in [6.45, 7) is 0.367. The summed E-state index contributed by atoms with van der Waals surface area (Å²) in [5.74, 6) is 0.0503. The number of benzene rings is 1. The standard InChI is InChI=1S/C11H11BrFN5O2/c1-17-6-15-11(16-17)2-3-14-9-5-8(13)7(12)4-10(9)18(19)20/h4-6,14H,2-3H2,1H3. The minimum Gasteiger partial charge on any atom is -0.379 e. The first-order valence-electron chi connectivity index (χ1n) is 5.69. The fourth-order valence-corrected chi connectivity index (χ4v) is 1.97. The minimum atomic E-state index is -0.564. The number of hydrogen-bond acceptors (Lipinski definition) is 5. The van der Waals surface area contributed by atoms with Gasteiger partial charge in [-0.05, 0) is 15.9 Å². The van der Waals surface area contributed by atoms with Crippen LogP contribution >= 0.6 is 15.9 Å². The highest BCUT2D eigenvalue weighted by Gasteiger charge is 2.17. The van der Waals surface area contributed by atoms with Gasteiger partial charge in [0.25, 0.3) is 5.69 Å². The van der Waals surface area contributed by atoms with Crippen LogP contribution in [0, 0.1) is 15.9 Å². The molecule has 1 aromatic carbocycles. The molecule has 0 saturated carbocycles. The predicted octanol–water partition coefficient (Wildman–Crippen LogP) is 2.28. The number of nitrogens with one attached hydrogen (secondary N) is 1. The van der Waals surface area contributed by atoms with Gasteiger partial charge in [-0.2, -0.15) is 5.10 Å². The van der Waals surface area contributed by atoms with Crippen molar-refractivity contribution in [2.24, 2.45) is 7.05 Å². The van der Waals surface area contributed by atoms with E-state index >= 15 is 0 Å². The molecule has 106 valence electrons. The molecule has 0 saturated heterocycles. The number of nitro groups is 1. The molecular weight excluding hydrogens is 333 g/mol. The zero-order valence-corrected chi connectivity index (χ0v) is 12.1. The van der Waals surface area contributed by atoms with Gasteiger partial charge < -0.3 is 5.32 Å². The normalized spacial score (nSPS) is 10.6. The molecule has 1 aromatic heterocycles. The molecule has 7 nitrogen and oxygen atoms in total. The van der Waals surface area contributed by atoms with Crippen LogP contribution in [-0.4, -0.2) is 26.2 Å². The summed E-state index contributed by atoms with van der Waals surface area (Å²) in [7, 11) is 1.75. The maximum atomic E-state index is 13.4. The Morgan fingerprint density at radius 1 is 1.55 bits per heavy atom. The van der Waals surface area contributed by atoms with Crippen LogP contribution in [0.1, 0.15) is 5.82 Å². The van der Waals surface area contributed by atoms with Crippen LogP contribution in [0.2, 0.25) is 0 Å². The van der Waals surface area contributed by atoms with Gasteiger partial charge in [0, 0.05) is 32.1 Å². The van der Waals surface area contributed by atoms with Crippen molar-refractivity contribution in [1.82, 2.24) is 14.8 Å². The summed E-state index contributed by atoms with van der Waals surface area (Å²) in [4.78, 5) is 14.4. The van der Waals surface area contributed by atoms with Gasteiger partial charge in [-0.1, -0.05) is 0 Å². The number of rotatable bonds is 5. The second-order valence-electron chi connectivity index (χ2n) is 4.05. The molecule has 0 atom stereocenters. The Bertz CT molecular complexity index is 646. The largest absolute Gasteiger partial charge is 0.379 e. The fraction of sp³-hybridized carbons (Fsp3) is 0.273. The van der Waals surface area contributed by atoms with E-state index in [1.165, 1.54) is 0 Å². The van der Waals surface area contributed by atoms with Crippen molar-refractivity contribution < 1.29 is 9.31 Å². The van der Waals surface area contributed by atoms with Gasteiger partial charge in [-0.15, -0.1) is 0 Å². The molecule has 0 amide bonds. The monoisotopic (exact) mass is 343 g/mol. The summed E-state index contributed by atoms with van der Waals surface area (Å²) in [6, 6.07) is 2.23. The van der Waals surface area contributed by atoms with Crippen molar-refractivity contribution in [1.29, 1.82) is 0 Å².